The van der Waals surface area contributed by atoms with E-state index in [1.54, 1.807) is 13.2 Å². The first kappa shape index (κ1) is 11.1. The Morgan fingerprint density at radius 1 is 1.50 bits per heavy atom. The molecule has 0 aliphatic rings. The lowest BCUT2D eigenvalue weighted by Gasteiger charge is -2.02. The van der Waals surface area contributed by atoms with Crippen LogP contribution >= 0.6 is 0 Å². The second-order valence-electron chi connectivity index (χ2n) is 2.21. The molecule has 0 spiro atoms. The molecular weight excluding hydrogens is 152 g/mol. The SMILES string of the molecule is C=C/C=C\C(=C/C)COCOC. The van der Waals surface area contributed by atoms with Crippen LogP contribution in [0.15, 0.2) is 36.5 Å². The molecule has 0 bridgehead atoms. The molecule has 0 amide bonds. The van der Waals surface area contributed by atoms with Crippen molar-refractivity contribution in [1.82, 2.24) is 0 Å². The molecule has 0 rings (SSSR count). The normalized spacial score (nSPS) is 12.3. The minimum atomic E-state index is 0.333. The maximum Gasteiger partial charge on any atom is 0.146 e. The third-order valence-corrected chi connectivity index (χ3v) is 1.29. The minimum Gasteiger partial charge on any atom is -0.359 e. The van der Waals surface area contributed by atoms with Crippen molar-refractivity contribution in [3.05, 3.63) is 36.5 Å². The van der Waals surface area contributed by atoms with Crippen LogP contribution < -0.4 is 0 Å². The van der Waals surface area contributed by atoms with Crippen LogP contribution in [0.25, 0.3) is 0 Å². The molecule has 0 aliphatic carbocycles. The summed E-state index contributed by atoms with van der Waals surface area (Å²) in [4.78, 5) is 0. The van der Waals surface area contributed by atoms with Gasteiger partial charge in [-0.2, -0.15) is 0 Å². The predicted molar refractivity (Wildman–Crippen MR) is 50.9 cm³/mol. The van der Waals surface area contributed by atoms with E-state index >= 15 is 0 Å². The van der Waals surface area contributed by atoms with Crippen molar-refractivity contribution >= 4 is 0 Å². The van der Waals surface area contributed by atoms with Gasteiger partial charge >= 0.3 is 0 Å². The summed E-state index contributed by atoms with van der Waals surface area (Å²) in [6.45, 7) is 6.47. The van der Waals surface area contributed by atoms with Gasteiger partial charge in [0.25, 0.3) is 0 Å². The van der Waals surface area contributed by atoms with Crippen molar-refractivity contribution in [2.45, 2.75) is 6.92 Å². The quantitative estimate of drug-likeness (QED) is 0.344. The number of allylic oxidation sites excluding steroid dienone is 3. The Kier molecular flexibility index (Phi) is 7.65. The molecule has 68 valence electrons. The Labute approximate surface area is 74.2 Å². The van der Waals surface area contributed by atoms with Crippen molar-refractivity contribution in [2.75, 3.05) is 20.5 Å². The van der Waals surface area contributed by atoms with Crippen LogP contribution in [-0.2, 0) is 9.47 Å². The fourth-order valence-electron chi connectivity index (χ4n) is 0.662. The molecule has 0 aromatic carbocycles. The molecule has 0 heterocycles. The average molecular weight is 168 g/mol. The molecule has 0 saturated carbocycles. The van der Waals surface area contributed by atoms with Crippen molar-refractivity contribution < 1.29 is 9.47 Å². The molecule has 2 heteroatoms. The summed E-state index contributed by atoms with van der Waals surface area (Å²) in [7, 11) is 1.61. The summed E-state index contributed by atoms with van der Waals surface area (Å²) in [5, 5.41) is 0. The molecule has 2 nitrogen and oxygen atoms in total. The fourth-order valence-corrected chi connectivity index (χ4v) is 0.662. The van der Waals surface area contributed by atoms with E-state index in [1.807, 2.05) is 25.2 Å². The zero-order chi connectivity index (χ0) is 9.23. The van der Waals surface area contributed by atoms with Crippen molar-refractivity contribution in [3.63, 3.8) is 0 Å². The largest absolute Gasteiger partial charge is 0.359 e. The van der Waals surface area contributed by atoms with E-state index in [0.29, 0.717) is 13.4 Å². The second kappa shape index (κ2) is 8.24. The van der Waals surface area contributed by atoms with Crippen molar-refractivity contribution in [2.24, 2.45) is 0 Å². The molecular formula is C10H16O2. The molecule has 12 heavy (non-hydrogen) atoms. The van der Waals surface area contributed by atoms with Gasteiger partial charge in [-0.05, 0) is 12.5 Å². The highest BCUT2D eigenvalue weighted by molar-refractivity contribution is 5.21. The van der Waals surface area contributed by atoms with Gasteiger partial charge in [0.15, 0.2) is 0 Å². The summed E-state index contributed by atoms with van der Waals surface area (Å²) in [5.41, 5.74) is 1.12. The Bertz CT molecular complexity index is 169. The lowest BCUT2D eigenvalue weighted by molar-refractivity contribution is -0.0204. The van der Waals surface area contributed by atoms with Gasteiger partial charge in [0.05, 0.1) is 6.61 Å². The van der Waals surface area contributed by atoms with Crippen LogP contribution in [0.2, 0.25) is 0 Å². The first-order valence-electron chi connectivity index (χ1n) is 3.86. The summed E-state index contributed by atoms with van der Waals surface area (Å²) >= 11 is 0. The van der Waals surface area contributed by atoms with Gasteiger partial charge in [-0.1, -0.05) is 30.9 Å². The number of ether oxygens (including phenoxy) is 2. The topological polar surface area (TPSA) is 18.5 Å². The molecule has 0 atom stereocenters. The van der Waals surface area contributed by atoms with E-state index in [0.717, 1.165) is 5.57 Å². The first-order chi connectivity index (χ1) is 5.85. The van der Waals surface area contributed by atoms with Crippen LogP contribution in [0, 0.1) is 0 Å². The number of rotatable bonds is 6. The standard InChI is InChI=1S/C10H16O2/c1-4-6-7-10(5-2)8-12-9-11-3/h4-7H,1,8-9H2,2-3H3/b7-6-,10-5+. The summed E-state index contributed by atoms with van der Waals surface area (Å²) in [5.74, 6) is 0. The van der Waals surface area contributed by atoms with Gasteiger partial charge in [0, 0.05) is 7.11 Å². The maximum absolute atomic E-state index is 5.16. The lowest BCUT2D eigenvalue weighted by Crippen LogP contribution is -1.99. The van der Waals surface area contributed by atoms with Gasteiger partial charge in [-0.15, -0.1) is 0 Å². The van der Waals surface area contributed by atoms with E-state index in [1.165, 1.54) is 0 Å². The van der Waals surface area contributed by atoms with E-state index in [4.69, 9.17) is 9.47 Å². The van der Waals surface area contributed by atoms with Crippen LogP contribution in [0.1, 0.15) is 6.92 Å². The van der Waals surface area contributed by atoms with Crippen LogP contribution in [-0.4, -0.2) is 20.5 Å². The maximum atomic E-state index is 5.16. The molecule has 0 fully saturated rings. The van der Waals surface area contributed by atoms with Crippen molar-refractivity contribution in [1.29, 1.82) is 0 Å². The van der Waals surface area contributed by atoms with Gasteiger partial charge in [-0.25, -0.2) is 0 Å². The van der Waals surface area contributed by atoms with E-state index < -0.39 is 0 Å². The molecule has 0 unspecified atom stereocenters. The van der Waals surface area contributed by atoms with E-state index in [2.05, 4.69) is 6.58 Å². The smallest absolute Gasteiger partial charge is 0.146 e. The Morgan fingerprint density at radius 2 is 2.25 bits per heavy atom. The van der Waals surface area contributed by atoms with Gasteiger partial charge in [0.1, 0.15) is 6.79 Å². The van der Waals surface area contributed by atoms with Crippen LogP contribution in [0.5, 0.6) is 0 Å². The van der Waals surface area contributed by atoms with Gasteiger partial charge in [0.2, 0.25) is 0 Å². The molecule has 0 saturated heterocycles. The average Bonchev–Trinajstić information content (AvgIpc) is 2.11. The molecule has 0 aliphatic heterocycles. The second-order valence-corrected chi connectivity index (χ2v) is 2.21. The lowest BCUT2D eigenvalue weighted by atomic mass is 10.2. The Morgan fingerprint density at radius 3 is 2.75 bits per heavy atom. The highest BCUT2D eigenvalue weighted by Crippen LogP contribution is 1.97. The highest BCUT2D eigenvalue weighted by atomic mass is 16.7. The third kappa shape index (κ3) is 5.89. The van der Waals surface area contributed by atoms with Crippen LogP contribution in [0.3, 0.4) is 0 Å². The van der Waals surface area contributed by atoms with Crippen molar-refractivity contribution in [3.8, 4) is 0 Å². The molecule has 0 aromatic rings. The predicted octanol–water partition coefficient (Wildman–Crippen LogP) is 2.30. The van der Waals surface area contributed by atoms with Crippen LogP contribution in [0.4, 0.5) is 0 Å². The fraction of sp³-hybridized carbons (Fsp3) is 0.400. The number of methoxy groups -OCH3 is 1. The van der Waals surface area contributed by atoms with E-state index in [9.17, 15) is 0 Å². The molecule has 0 aromatic heterocycles. The highest BCUT2D eigenvalue weighted by Gasteiger charge is 1.89. The van der Waals surface area contributed by atoms with E-state index in [-0.39, 0.29) is 0 Å². The van der Waals surface area contributed by atoms with Gasteiger partial charge in [-0.3, -0.25) is 0 Å². The number of hydrogen-bond donors (Lipinski definition) is 0. The summed E-state index contributed by atoms with van der Waals surface area (Å²) in [6.07, 6.45) is 7.57. The Hall–Kier alpha value is -0.860. The monoisotopic (exact) mass is 168 g/mol. The Balaban J connectivity index is 3.69. The summed E-state index contributed by atoms with van der Waals surface area (Å²) < 4.78 is 9.90. The number of hydrogen-bond acceptors (Lipinski definition) is 2. The van der Waals surface area contributed by atoms with Gasteiger partial charge < -0.3 is 9.47 Å². The third-order valence-electron chi connectivity index (χ3n) is 1.29. The first-order valence-corrected chi connectivity index (χ1v) is 3.86. The summed E-state index contributed by atoms with van der Waals surface area (Å²) in [6, 6.07) is 0. The zero-order valence-electron chi connectivity index (χ0n) is 7.75. The zero-order valence-corrected chi connectivity index (χ0v) is 7.75. The minimum absolute atomic E-state index is 0.333. The molecule has 0 N–H and O–H groups in total. The molecule has 0 radical (unpaired) electrons.